The number of ether oxygens (including phenoxy) is 1. The fourth-order valence-electron chi connectivity index (χ4n) is 2.95. The van der Waals surface area contributed by atoms with Crippen molar-refractivity contribution in [1.29, 1.82) is 0 Å². The van der Waals surface area contributed by atoms with Crippen LogP contribution in [0.2, 0.25) is 0 Å². The molecule has 5 nitrogen and oxygen atoms in total. The zero-order valence-electron chi connectivity index (χ0n) is 17.0. The quantitative estimate of drug-likeness (QED) is 0.259. The van der Waals surface area contributed by atoms with Crippen molar-refractivity contribution in [3.05, 3.63) is 65.7 Å². The highest BCUT2D eigenvalue weighted by Crippen LogP contribution is 2.30. The van der Waals surface area contributed by atoms with Gasteiger partial charge < -0.3 is 20.5 Å². The van der Waals surface area contributed by atoms with E-state index in [2.05, 4.69) is 21.7 Å². The van der Waals surface area contributed by atoms with Crippen LogP contribution >= 0.6 is 24.0 Å². The third kappa shape index (κ3) is 8.62. The summed E-state index contributed by atoms with van der Waals surface area (Å²) in [6, 6.07) is 18.1. The summed E-state index contributed by atoms with van der Waals surface area (Å²) in [5, 5.41) is 16.8. The van der Waals surface area contributed by atoms with E-state index in [-0.39, 0.29) is 24.0 Å². The number of benzene rings is 2. The van der Waals surface area contributed by atoms with Crippen molar-refractivity contribution in [3.8, 4) is 5.75 Å². The molecule has 1 aliphatic carbocycles. The van der Waals surface area contributed by atoms with Gasteiger partial charge in [0.2, 0.25) is 0 Å². The zero-order chi connectivity index (χ0) is 19.6. The smallest absolute Gasteiger partial charge is 0.191 e. The fourth-order valence-corrected chi connectivity index (χ4v) is 2.95. The first-order valence-corrected chi connectivity index (χ1v) is 10.2. The Morgan fingerprint density at radius 3 is 2.55 bits per heavy atom. The number of rotatable bonds is 10. The first-order valence-electron chi connectivity index (χ1n) is 10.2. The van der Waals surface area contributed by atoms with Crippen molar-refractivity contribution in [3.63, 3.8) is 0 Å². The average Bonchev–Trinajstić information content (AvgIpc) is 3.54. The molecule has 1 atom stereocenters. The highest BCUT2D eigenvalue weighted by molar-refractivity contribution is 14.0. The molecule has 0 saturated heterocycles. The Morgan fingerprint density at radius 1 is 1.10 bits per heavy atom. The van der Waals surface area contributed by atoms with Crippen molar-refractivity contribution in [2.24, 2.45) is 10.9 Å². The Bertz CT molecular complexity index is 751. The predicted octanol–water partition coefficient (Wildman–Crippen LogP) is 3.75. The minimum Gasteiger partial charge on any atom is -0.493 e. The van der Waals surface area contributed by atoms with E-state index in [0.717, 1.165) is 35.9 Å². The third-order valence-corrected chi connectivity index (χ3v) is 4.72. The lowest BCUT2D eigenvalue weighted by atomic mass is 10.1. The maximum atomic E-state index is 10.3. The third-order valence-electron chi connectivity index (χ3n) is 4.72. The van der Waals surface area contributed by atoms with Gasteiger partial charge in [-0.05, 0) is 37.3 Å². The molecule has 6 heteroatoms. The van der Waals surface area contributed by atoms with Gasteiger partial charge >= 0.3 is 0 Å². The molecule has 0 heterocycles. The van der Waals surface area contributed by atoms with Crippen LogP contribution in [-0.2, 0) is 13.0 Å². The van der Waals surface area contributed by atoms with Crippen LogP contribution in [0.4, 0.5) is 0 Å². The highest BCUT2D eigenvalue weighted by atomic mass is 127. The maximum Gasteiger partial charge on any atom is 0.191 e. The van der Waals surface area contributed by atoms with Crippen LogP contribution in [0, 0.1) is 5.92 Å². The summed E-state index contributed by atoms with van der Waals surface area (Å²) >= 11 is 0. The van der Waals surface area contributed by atoms with Crippen LogP contribution in [0.1, 0.15) is 30.9 Å². The summed E-state index contributed by atoms with van der Waals surface area (Å²) in [6.07, 6.45) is 2.70. The van der Waals surface area contributed by atoms with Crippen LogP contribution in [0.5, 0.6) is 5.75 Å². The van der Waals surface area contributed by atoms with Crippen LogP contribution in [-0.4, -0.2) is 36.9 Å². The zero-order valence-corrected chi connectivity index (χ0v) is 19.3. The summed E-state index contributed by atoms with van der Waals surface area (Å²) in [5.74, 6) is 2.34. The minimum atomic E-state index is -0.472. The molecule has 0 radical (unpaired) electrons. The lowest BCUT2D eigenvalue weighted by molar-refractivity contribution is 0.177. The van der Waals surface area contributed by atoms with E-state index in [4.69, 9.17) is 4.74 Å². The Hall–Kier alpha value is -1.80. The first-order chi connectivity index (χ1) is 13.7. The van der Waals surface area contributed by atoms with Crippen molar-refractivity contribution in [2.75, 3.05) is 19.7 Å². The number of guanidine groups is 1. The van der Waals surface area contributed by atoms with Crippen LogP contribution < -0.4 is 15.4 Å². The molecular weight excluding hydrogens is 477 g/mol. The molecule has 0 aliphatic heterocycles. The van der Waals surface area contributed by atoms with E-state index >= 15 is 0 Å². The van der Waals surface area contributed by atoms with Crippen molar-refractivity contribution < 1.29 is 9.84 Å². The minimum absolute atomic E-state index is 0. The Labute approximate surface area is 191 Å². The molecule has 1 unspecified atom stereocenters. The van der Waals surface area contributed by atoms with Crippen molar-refractivity contribution >= 4 is 29.9 Å². The molecule has 0 bridgehead atoms. The number of halogens is 1. The SMILES string of the molecule is CCNC(=NCc1ccccc1OCC1CC1)NCC(O)Cc1ccccc1.I. The molecule has 0 spiro atoms. The fraction of sp³-hybridized carbons (Fsp3) is 0.435. The molecular formula is C23H32IN3O2. The Morgan fingerprint density at radius 2 is 1.83 bits per heavy atom. The summed E-state index contributed by atoms with van der Waals surface area (Å²) < 4.78 is 5.97. The lowest BCUT2D eigenvalue weighted by Gasteiger charge is -2.16. The second-order valence-corrected chi connectivity index (χ2v) is 7.28. The van der Waals surface area contributed by atoms with Gasteiger partial charge in [0.1, 0.15) is 5.75 Å². The predicted molar refractivity (Wildman–Crippen MR) is 129 cm³/mol. The van der Waals surface area contributed by atoms with Gasteiger partial charge in [-0.3, -0.25) is 0 Å². The van der Waals surface area contributed by atoms with E-state index in [1.54, 1.807) is 0 Å². The molecule has 2 aromatic rings. The van der Waals surface area contributed by atoms with Crippen molar-refractivity contribution in [2.45, 2.75) is 38.8 Å². The average molecular weight is 509 g/mol. The number of para-hydroxylation sites is 1. The van der Waals surface area contributed by atoms with Crippen molar-refractivity contribution in [1.82, 2.24) is 10.6 Å². The molecule has 158 valence electrons. The van der Waals surface area contributed by atoms with Gasteiger partial charge in [-0.1, -0.05) is 48.5 Å². The Kier molecular flexibility index (Phi) is 10.3. The van der Waals surface area contributed by atoms with E-state index in [0.29, 0.717) is 25.5 Å². The van der Waals surface area contributed by atoms with E-state index in [9.17, 15) is 5.11 Å². The first kappa shape index (κ1) is 23.5. The number of hydrogen-bond donors (Lipinski definition) is 3. The van der Waals surface area contributed by atoms with Gasteiger partial charge in [-0.2, -0.15) is 0 Å². The van der Waals surface area contributed by atoms with Gasteiger partial charge in [0.15, 0.2) is 5.96 Å². The number of aliphatic imine (C=N–C) groups is 1. The molecule has 2 aromatic carbocycles. The number of aliphatic hydroxyl groups is 1. The van der Waals surface area contributed by atoms with Gasteiger partial charge in [0.25, 0.3) is 0 Å². The van der Waals surface area contributed by atoms with Gasteiger partial charge in [0.05, 0.1) is 19.3 Å². The molecule has 3 rings (SSSR count). The maximum absolute atomic E-state index is 10.3. The summed E-state index contributed by atoms with van der Waals surface area (Å²) in [7, 11) is 0. The summed E-state index contributed by atoms with van der Waals surface area (Å²) in [5.41, 5.74) is 2.20. The number of nitrogens with one attached hydrogen (secondary N) is 2. The topological polar surface area (TPSA) is 65.9 Å². The molecule has 29 heavy (non-hydrogen) atoms. The monoisotopic (exact) mass is 509 g/mol. The van der Waals surface area contributed by atoms with Crippen LogP contribution in [0.3, 0.4) is 0 Å². The van der Waals surface area contributed by atoms with Gasteiger partial charge in [0, 0.05) is 25.1 Å². The molecule has 1 aliphatic rings. The molecule has 0 amide bonds. The van der Waals surface area contributed by atoms with Crippen LogP contribution in [0.25, 0.3) is 0 Å². The normalized spacial score (nSPS) is 14.6. The van der Waals surface area contributed by atoms with Gasteiger partial charge in [-0.15, -0.1) is 24.0 Å². The second-order valence-electron chi connectivity index (χ2n) is 7.28. The van der Waals surface area contributed by atoms with E-state index < -0.39 is 6.10 Å². The molecule has 3 N–H and O–H groups in total. The molecule has 0 aromatic heterocycles. The van der Waals surface area contributed by atoms with E-state index in [1.165, 1.54) is 12.8 Å². The number of aliphatic hydroxyl groups excluding tert-OH is 1. The molecule has 1 fully saturated rings. The number of hydrogen-bond acceptors (Lipinski definition) is 3. The standard InChI is InChI=1S/C23H31N3O2.HI/c1-2-24-23(26-16-21(27)14-18-8-4-3-5-9-18)25-15-20-10-6-7-11-22(20)28-17-19-12-13-19;/h3-11,19,21,27H,2,12-17H2,1H3,(H2,24,25,26);1H. The van der Waals surface area contributed by atoms with Gasteiger partial charge in [-0.25, -0.2) is 4.99 Å². The largest absolute Gasteiger partial charge is 0.493 e. The summed E-state index contributed by atoms with van der Waals surface area (Å²) in [6.45, 7) is 4.57. The highest BCUT2D eigenvalue weighted by Gasteiger charge is 2.22. The van der Waals surface area contributed by atoms with E-state index in [1.807, 2.05) is 55.5 Å². The number of nitrogens with zero attached hydrogens (tertiary/aromatic N) is 1. The molecule has 1 saturated carbocycles. The summed E-state index contributed by atoms with van der Waals surface area (Å²) in [4.78, 5) is 4.67. The lowest BCUT2D eigenvalue weighted by Crippen LogP contribution is -2.41. The Balaban J connectivity index is 0.00000300. The van der Waals surface area contributed by atoms with Crippen LogP contribution in [0.15, 0.2) is 59.6 Å². The second kappa shape index (κ2) is 12.7.